The molecule has 19 heavy (non-hydrogen) atoms. The summed E-state index contributed by atoms with van der Waals surface area (Å²) in [6, 6.07) is 9.94. The molecule has 1 saturated heterocycles. The van der Waals surface area contributed by atoms with Gasteiger partial charge in [0.1, 0.15) is 0 Å². The fraction of sp³-hybridized carbons (Fsp3) is 0.571. The Morgan fingerprint density at radius 1 is 1.26 bits per heavy atom. The van der Waals surface area contributed by atoms with E-state index in [1.807, 2.05) is 18.2 Å². The van der Waals surface area contributed by atoms with Crippen molar-refractivity contribution in [2.45, 2.75) is 43.4 Å². The van der Waals surface area contributed by atoms with Crippen LogP contribution in [-0.4, -0.2) is 25.5 Å². The number of aryl methyl sites for hydroxylation is 1. The Bertz CT molecular complexity index is 487. The first-order valence-electron chi connectivity index (χ1n) is 6.85. The van der Waals surface area contributed by atoms with E-state index >= 15 is 0 Å². The number of sulfone groups is 1. The van der Waals surface area contributed by atoms with Gasteiger partial charge in [0.2, 0.25) is 0 Å². The summed E-state index contributed by atoms with van der Waals surface area (Å²) < 4.78 is 24.2. The first-order valence-corrected chi connectivity index (χ1v) is 8.56. The van der Waals surface area contributed by atoms with Gasteiger partial charge >= 0.3 is 0 Å². The molecule has 0 spiro atoms. The van der Waals surface area contributed by atoms with Gasteiger partial charge in [-0.2, -0.15) is 0 Å². The number of nitrogens with two attached hydrogens (primary N) is 1. The third-order valence-corrected chi connectivity index (χ3v) is 6.22. The molecule has 0 aliphatic carbocycles. The Morgan fingerprint density at radius 2 is 2.00 bits per heavy atom. The topological polar surface area (TPSA) is 72.2 Å². The van der Waals surface area contributed by atoms with Gasteiger partial charge in [-0.05, 0) is 31.2 Å². The lowest BCUT2D eigenvalue weighted by Crippen LogP contribution is -2.49. The quantitative estimate of drug-likeness (QED) is 0.633. The first-order chi connectivity index (χ1) is 9.13. The third-order valence-electron chi connectivity index (χ3n) is 3.88. The molecule has 2 rings (SSSR count). The van der Waals surface area contributed by atoms with Crippen molar-refractivity contribution in [1.82, 2.24) is 5.43 Å². The number of hydrogen-bond acceptors (Lipinski definition) is 4. The largest absolute Gasteiger partial charge is 0.271 e. The number of rotatable bonds is 5. The maximum absolute atomic E-state index is 12.1. The van der Waals surface area contributed by atoms with Crippen LogP contribution in [0.1, 0.15) is 31.2 Å². The lowest BCUT2D eigenvalue weighted by atomic mass is 10.00. The molecule has 0 amide bonds. The van der Waals surface area contributed by atoms with Crippen LogP contribution in [-0.2, 0) is 16.3 Å². The highest BCUT2D eigenvalue weighted by molar-refractivity contribution is 7.92. The molecule has 4 nitrogen and oxygen atoms in total. The van der Waals surface area contributed by atoms with E-state index in [0.29, 0.717) is 5.75 Å². The smallest absolute Gasteiger partial charge is 0.154 e. The normalized spacial score (nSPS) is 23.9. The minimum atomic E-state index is -2.98. The van der Waals surface area contributed by atoms with Gasteiger partial charge in [-0.1, -0.05) is 36.8 Å². The molecule has 2 unspecified atom stereocenters. The van der Waals surface area contributed by atoms with Gasteiger partial charge < -0.3 is 0 Å². The van der Waals surface area contributed by atoms with E-state index < -0.39 is 9.84 Å². The zero-order valence-electron chi connectivity index (χ0n) is 11.1. The molecule has 0 bridgehead atoms. The fourth-order valence-electron chi connectivity index (χ4n) is 2.77. The van der Waals surface area contributed by atoms with E-state index in [2.05, 4.69) is 17.6 Å². The van der Waals surface area contributed by atoms with Crippen molar-refractivity contribution in [3.8, 4) is 0 Å². The highest BCUT2D eigenvalue weighted by Crippen LogP contribution is 2.24. The SMILES string of the molecule is NNC(CCc1ccccc1)C1CCCCS1(=O)=O. The second-order valence-corrected chi connectivity index (χ2v) is 7.54. The Labute approximate surface area is 115 Å². The van der Waals surface area contributed by atoms with E-state index in [1.165, 1.54) is 5.56 Å². The molecule has 1 fully saturated rings. The van der Waals surface area contributed by atoms with Crippen molar-refractivity contribution in [2.24, 2.45) is 5.84 Å². The van der Waals surface area contributed by atoms with Crippen LogP contribution in [0.2, 0.25) is 0 Å². The minimum absolute atomic E-state index is 0.148. The molecule has 106 valence electrons. The maximum atomic E-state index is 12.1. The summed E-state index contributed by atoms with van der Waals surface area (Å²) in [6.45, 7) is 0. The van der Waals surface area contributed by atoms with Crippen LogP contribution in [0, 0.1) is 0 Å². The fourth-order valence-corrected chi connectivity index (χ4v) is 4.92. The number of hydrogen-bond donors (Lipinski definition) is 2. The molecular weight excluding hydrogens is 260 g/mol. The summed E-state index contributed by atoms with van der Waals surface area (Å²) in [5.74, 6) is 5.88. The van der Waals surface area contributed by atoms with E-state index in [1.54, 1.807) is 0 Å². The maximum Gasteiger partial charge on any atom is 0.154 e. The van der Waals surface area contributed by atoms with Crippen molar-refractivity contribution in [2.75, 3.05) is 5.75 Å². The lowest BCUT2D eigenvalue weighted by molar-refractivity contribution is 0.423. The predicted molar refractivity (Wildman–Crippen MR) is 77.3 cm³/mol. The highest BCUT2D eigenvalue weighted by Gasteiger charge is 2.34. The second kappa shape index (κ2) is 6.50. The molecule has 1 aliphatic heterocycles. The zero-order chi connectivity index (χ0) is 13.7. The van der Waals surface area contributed by atoms with Crippen molar-refractivity contribution in [1.29, 1.82) is 0 Å². The summed E-state index contributed by atoms with van der Waals surface area (Å²) in [6.07, 6.45) is 4.10. The van der Waals surface area contributed by atoms with Gasteiger partial charge in [0, 0.05) is 6.04 Å². The van der Waals surface area contributed by atoms with E-state index in [0.717, 1.165) is 32.1 Å². The number of nitrogens with one attached hydrogen (secondary N) is 1. The number of benzene rings is 1. The molecule has 1 aromatic carbocycles. The molecule has 5 heteroatoms. The summed E-state index contributed by atoms with van der Waals surface area (Å²) >= 11 is 0. The van der Waals surface area contributed by atoms with Crippen LogP contribution in [0.25, 0.3) is 0 Å². The Balaban J connectivity index is 2.00. The van der Waals surface area contributed by atoms with Crippen molar-refractivity contribution in [3.05, 3.63) is 35.9 Å². The number of hydrazine groups is 1. The van der Waals surface area contributed by atoms with Crippen LogP contribution in [0.5, 0.6) is 0 Å². The van der Waals surface area contributed by atoms with Gasteiger partial charge in [-0.25, -0.2) is 8.42 Å². The molecule has 1 heterocycles. The first kappa shape index (κ1) is 14.5. The second-order valence-electron chi connectivity index (χ2n) is 5.20. The zero-order valence-corrected chi connectivity index (χ0v) is 11.9. The summed E-state index contributed by atoms with van der Waals surface area (Å²) in [7, 11) is -2.98. The van der Waals surface area contributed by atoms with Crippen LogP contribution in [0.3, 0.4) is 0 Å². The minimum Gasteiger partial charge on any atom is -0.271 e. The monoisotopic (exact) mass is 282 g/mol. The summed E-state index contributed by atoms with van der Waals surface area (Å²) in [5, 5.41) is -0.324. The highest BCUT2D eigenvalue weighted by atomic mass is 32.2. The van der Waals surface area contributed by atoms with Crippen LogP contribution < -0.4 is 11.3 Å². The molecular formula is C14H22N2O2S. The van der Waals surface area contributed by atoms with Gasteiger partial charge in [-0.15, -0.1) is 0 Å². The Morgan fingerprint density at radius 3 is 2.63 bits per heavy atom. The van der Waals surface area contributed by atoms with Gasteiger partial charge in [0.15, 0.2) is 9.84 Å². The molecule has 0 radical (unpaired) electrons. The standard InChI is InChI=1S/C14H22N2O2S/c15-16-13(10-9-12-6-2-1-3-7-12)14-8-4-5-11-19(14,17)18/h1-3,6-7,13-14,16H,4-5,8-11,15H2. The average molecular weight is 282 g/mol. The van der Waals surface area contributed by atoms with E-state index in [4.69, 9.17) is 5.84 Å². The molecule has 0 aromatic heterocycles. The molecule has 1 aromatic rings. The van der Waals surface area contributed by atoms with E-state index in [-0.39, 0.29) is 11.3 Å². The predicted octanol–water partition coefficient (Wildman–Crippen LogP) is 1.42. The van der Waals surface area contributed by atoms with Gasteiger partial charge in [0.25, 0.3) is 0 Å². The Hall–Kier alpha value is -0.910. The molecule has 3 N–H and O–H groups in total. The summed E-state index contributed by atoms with van der Waals surface area (Å²) in [5.41, 5.74) is 3.94. The van der Waals surface area contributed by atoms with Crippen molar-refractivity contribution < 1.29 is 8.42 Å². The van der Waals surface area contributed by atoms with E-state index in [9.17, 15) is 8.42 Å². The molecule has 0 saturated carbocycles. The third kappa shape index (κ3) is 3.78. The van der Waals surface area contributed by atoms with Gasteiger partial charge in [0.05, 0.1) is 11.0 Å². The Kier molecular flexibility index (Phi) is 4.96. The average Bonchev–Trinajstić information content (AvgIpc) is 2.42. The molecule has 1 aliphatic rings. The van der Waals surface area contributed by atoms with Crippen molar-refractivity contribution in [3.63, 3.8) is 0 Å². The van der Waals surface area contributed by atoms with Crippen LogP contribution in [0.15, 0.2) is 30.3 Å². The van der Waals surface area contributed by atoms with Crippen molar-refractivity contribution >= 4 is 9.84 Å². The van der Waals surface area contributed by atoms with Gasteiger partial charge in [-0.3, -0.25) is 11.3 Å². The van der Waals surface area contributed by atoms with Crippen LogP contribution >= 0.6 is 0 Å². The lowest BCUT2D eigenvalue weighted by Gasteiger charge is -2.29. The van der Waals surface area contributed by atoms with Crippen LogP contribution in [0.4, 0.5) is 0 Å². The molecule has 2 atom stereocenters. The summed E-state index contributed by atoms with van der Waals surface area (Å²) in [4.78, 5) is 0.